The van der Waals surface area contributed by atoms with E-state index in [1.165, 1.54) is 25.7 Å². The second-order valence-corrected chi connectivity index (χ2v) is 5.33. The van der Waals surface area contributed by atoms with Crippen LogP contribution in [0.2, 0.25) is 0 Å². The van der Waals surface area contributed by atoms with E-state index in [1.807, 2.05) is 11.7 Å². The van der Waals surface area contributed by atoms with Crippen molar-refractivity contribution in [3.63, 3.8) is 0 Å². The molecular weight excluding hydrogens is 208 g/mol. The van der Waals surface area contributed by atoms with Gasteiger partial charge in [-0.2, -0.15) is 5.10 Å². The van der Waals surface area contributed by atoms with E-state index < -0.39 is 0 Å². The van der Waals surface area contributed by atoms with Crippen molar-refractivity contribution < 1.29 is 0 Å². The van der Waals surface area contributed by atoms with Crippen LogP contribution in [0.15, 0.2) is 11.5 Å². The molecule has 1 aliphatic carbocycles. The van der Waals surface area contributed by atoms with Gasteiger partial charge in [-0.1, -0.05) is 31.0 Å². The van der Waals surface area contributed by atoms with Gasteiger partial charge in [0, 0.05) is 18.3 Å². The zero-order chi connectivity index (χ0) is 10.7. The van der Waals surface area contributed by atoms with Gasteiger partial charge < -0.3 is 5.73 Å². The lowest BCUT2D eigenvalue weighted by Gasteiger charge is -2.19. The third-order valence-corrected chi connectivity index (χ3v) is 4.40. The monoisotopic (exact) mass is 226 g/mol. The van der Waals surface area contributed by atoms with Crippen LogP contribution in [0.1, 0.15) is 32.1 Å². The Kier molecular flexibility index (Phi) is 3.64. The Labute approximate surface area is 94.6 Å². The fourth-order valence-corrected chi connectivity index (χ4v) is 3.15. The summed E-state index contributed by atoms with van der Waals surface area (Å²) in [5.41, 5.74) is 6.17. The molecule has 1 aromatic heterocycles. The Morgan fingerprint density at radius 3 is 2.93 bits per heavy atom. The predicted molar refractivity (Wildman–Crippen MR) is 61.7 cm³/mol. The third-order valence-electron chi connectivity index (χ3n) is 2.93. The van der Waals surface area contributed by atoms with Crippen molar-refractivity contribution in [2.45, 2.75) is 48.6 Å². The predicted octanol–water partition coefficient (Wildman–Crippen LogP) is 1.57. The number of aromatic nitrogens is 3. The maximum absolute atomic E-state index is 6.17. The highest BCUT2D eigenvalue weighted by Gasteiger charge is 2.22. The van der Waals surface area contributed by atoms with Crippen LogP contribution in [0.4, 0.5) is 0 Å². The molecular formula is C10H18N4S. The lowest BCUT2D eigenvalue weighted by atomic mass is 10.1. The van der Waals surface area contributed by atoms with Crippen molar-refractivity contribution in [1.29, 1.82) is 0 Å². The van der Waals surface area contributed by atoms with Crippen LogP contribution in [-0.2, 0) is 7.05 Å². The normalized spacial score (nSPS) is 27.6. The molecule has 2 atom stereocenters. The molecule has 4 nitrogen and oxygen atoms in total. The van der Waals surface area contributed by atoms with Crippen molar-refractivity contribution in [2.24, 2.45) is 12.8 Å². The minimum Gasteiger partial charge on any atom is -0.327 e. The first-order chi connectivity index (χ1) is 7.27. The zero-order valence-electron chi connectivity index (χ0n) is 9.09. The Morgan fingerprint density at radius 1 is 1.40 bits per heavy atom. The van der Waals surface area contributed by atoms with E-state index in [0.717, 1.165) is 11.6 Å². The van der Waals surface area contributed by atoms with Crippen LogP contribution in [0, 0.1) is 0 Å². The molecule has 0 bridgehead atoms. The third kappa shape index (κ3) is 2.72. The van der Waals surface area contributed by atoms with Gasteiger partial charge >= 0.3 is 0 Å². The van der Waals surface area contributed by atoms with E-state index in [-0.39, 0.29) is 0 Å². The van der Waals surface area contributed by atoms with Crippen molar-refractivity contribution >= 4 is 11.8 Å². The van der Waals surface area contributed by atoms with Crippen molar-refractivity contribution in [3.8, 4) is 0 Å². The molecule has 1 aliphatic rings. The minimum atomic E-state index is 0.314. The zero-order valence-corrected chi connectivity index (χ0v) is 9.91. The van der Waals surface area contributed by atoms with Crippen LogP contribution < -0.4 is 5.73 Å². The number of nitrogens with two attached hydrogens (primary N) is 1. The standard InChI is InChI=1S/C10H18N4S/c1-14-10(12-7-13-14)15-9-6-4-2-3-5-8(9)11/h7-9H,2-6,11H2,1H3. The fourth-order valence-electron chi connectivity index (χ4n) is 1.98. The van der Waals surface area contributed by atoms with Crippen LogP contribution in [0.25, 0.3) is 0 Å². The minimum absolute atomic E-state index is 0.314. The molecule has 84 valence electrons. The van der Waals surface area contributed by atoms with Crippen LogP contribution in [0.3, 0.4) is 0 Å². The molecule has 1 heterocycles. The first kappa shape index (κ1) is 11.0. The molecule has 15 heavy (non-hydrogen) atoms. The summed E-state index contributed by atoms with van der Waals surface area (Å²) in [7, 11) is 1.93. The average Bonchev–Trinajstić information content (AvgIpc) is 2.50. The van der Waals surface area contributed by atoms with Gasteiger partial charge in [0.25, 0.3) is 0 Å². The van der Waals surface area contributed by atoms with E-state index >= 15 is 0 Å². The van der Waals surface area contributed by atoms with Gasteiger partial charge in [-0.3, -0.25) is 0 Å². The summed E-state index contributed by atoms with van der Waals surface area (Å²) in [5, 5.41) is 5.57. The van der Waals surface area contributed by atoms with Gasteiger partial charge in [0.05, 0.1) is 0 Å². The van der Waals surface area contributed by atoms with Gasteiger partial charge in [0.1, 0.15) is 6.33 Å². The van der Waals surface area contributed by atoms with Gasteiger partial charge in [-0.15, -0.1) is 0 Å². The van der Waals surface area contributed by atoms with E-state index in [4.69, 9.17) is 5.73 Å². The first-order valence-electron chi connectivity index (χ1n) is 5.53. The molecule has 2 rings (SSSR count). The maximum atomic E-state index is 6.17. The summed E-state index contributed by atoms with van der Waals surface area (Å²) >= 11 is 1.78. The number of hydrogen-bond acceptors (Lipinski definition) is 4. The summed E-state index contributed by atoms with van der Waals surface area (Å²) in [5.74, 6) is 0. The van der Waals surface area contributed by atoms with E-state index in [9.17, 15) is 0 Å². The molecule has 0 spiro atoms. The molecule has 0 amide bonds. The number of nitrogens with zero attached hydrogens (tertiary/aromatic N) is 3. The summed E-state index contributed by atoms with van der Waals surface area (Å²) in [6, 6.07) is 0.314. The summed E-state index contributed by atoms with van der Waals surface area (Å²) < 4.78 is 1.82. The second kappa shape index (κ2) is 4.99. The maximum Gasteiger partial charge on any atom is 0.186 e. The smallest absolute Gasteiger partial charge is 0.186 e. The summed E-state index contributed by atoms with van der Waals surface area (Å²) in [6.07, 6.45) is 7.85. The molecule has 0 radical (unpaired) electrons. The molecule has 1 fully saturated rings. The Hall–Kier alpha value is -0.550. The average molecular weight is 226 g/mol. The Balaban J connectivity index is 2.00. The Bertz CT molecular complexity index is 312. The van der Waals surface area contributed by atoms with Gasteiger partial charge in [0.2, 0.25) is 0 Å². The lowest BCUT2D eigenvalue weighted by Crippen LogP contribution is -2.31. The van der Waals surface area contributed by atoms with E-state index in [2.05, 4.69) is 10.1 Å². The molecule has 1 saturated carbocycles. The van der Waals surface area contributed by atoms with Crippen LogP contribution >= 0.6 is 11.8 Å². The molecule has 0 saturated heterocycles. The highest BCUT2D eigenvalue weighted by atomic mass is 32.2. The van der Waals surface area contributed by atoms with Gasteiger partial charge in [-0.05, 0) is 12.8 Å². The highest BCUT2D eigenvalue weighted by Crippen LogP contribution is 2.30. The lowest BCUT2D eigenvalue weighted by molar-refractivity contribution is 0.591. The topological polar surface area (TPSA) is 56.7 Å². The number of aryl methyl sites for hydroxylation is 1. The number of thioether (sulfide) groups is 1. The molecule has 2 unspecified atom stereocenters. The Morgan fingerprint density at radius 2 is 2.20 bits per heavy atom. The van der Waals surface area contributed by atoms with Crippen LogP contribution in [0.5, 0.6) is 0 Å². The number of rotatable bonds is 2. The van der Waals surface area contributed by atoms with Crippen molar-refractivity contribution in [3.05, 3.63) is 6.33 Å². The van der Waals surface area contributed by atoms with Gasteiger partial charge in [-0.25, -0.2) is 9.67 Å². The molecule has 1 aromatic rings. The SMILES string of the molecule is Cn1ncnc1SC1CCCCCC1N. The molecule has 2 N–H and O–H groups in total. The summed E-state index contributed by atoms with van der Waals surface area (Å²) in [4.78, 5) is 4.23. The molecule has 0 aliphatic heterocycles. The van der Waals surface area contributed by atoms with E-state index in [1.54, 1.807) is 18.1 Å². The molecule has 5 heteroatoms. The first-order valence-corrected chi connectivity index (χ1v) is 6.41. The fraction of sp³-hybridized carbons (Fsp3) is 0.800. The van der Waals surface area contributed by atoms with Crippen molar-refractivity contribution in [1.82, 2.24) is 14.8 Å². The number of hydrogen-bond donors (Lipinski definition) is 1. The van der Waals surface area contributed by atoms with Gasteiger partial charge in [0.15, 0.2) is 5.16 Å². The largest absolute Gasteiger partial charge is 0.327 e. The summed E-state index contributed by atoms with van der Waals surface area (Å²) in [6.45, 7) is 0. The second-order valence-electron chi connectivity index (χ2n) is 4.12. The quantitative estimate of drug-likeness (QED) is 0.778. The molecule has 0 aromatic carbocycles. The highest BCUT2D eigenvalue weighted by molar-refractivity contribution is 7.99. The van der Waals surface area contributed by atoms with Crippen LogP contribution in [-0.4, -0.2) is 26.1 Å². The van der Waals surface area contributed by atoms with Crippen molar-refractivity contribution in [2.75, 3.05) is 0 Å². The van der Waals surface area contributed by atoms with E-state index in [0.29, 0.717) is 11.3 Å².